The van der Waals surface area contributed by atoms with Gasteiger partial charge in [0.15, 0.2) is 0 Å². The molecule has 5 heteroatoms. The normalized spacial score (nSPS) is 19.1. The third-order valence-electron chi connectivity index (χ3n) is 2.89. The molecule has 1 aliphatic rings. The topological polar surface area (TPSA) is 30.5 Å². The summed E-state index contributed by atoms with van der Waals surface area (Å²) in [6, 6.07) is 4.43. The van der Waals surface area contributed by atoms with Gasteiger partial charge in [0.2, 0.25) is 0 Å². The lowest BCUT2D eigenvalue weighted by atomic mass is 10.1. The quantitative estimate of drug-likeness (QED) is 0.818. The van der Waals surface area contributed by atoms with E-state index in [1.54, 1.807) is 6.07 Å². The second kappa shape index (κ2) is 7.07. The van der Waals surface area contributed by atoms with Crippen LogP contribution in [-0.2, 0) is 4.74 Å². The molecule has 0 radical (unpaired) electrons. The zero-order chi connectivity index (χ0) is 12.8. The second-order valence-electron chi connectivity index (χ2n) is 4.36. The van der Waals surface area contributed by atoms with Gasteiger partial charge in [-0.1, -0.05) is 0 Å². The van der Waals surface area contributed by atoms with Gasteiger partial charge in [-0.25, -0.2) is 4.39 Å². The lowest BCUT2D eigenvalue weighted by Crippen LogP contribution is -2.27. The summed E-state index contributed by atoms with van der Waals surface area (Å²) in [7, 11) is 0. The number of benzene rings is 1. The smallest absolute Gasteiger partial charge is 0.136 e. The Morgan fingerprint density at radius 1 is 1.50 bits per heavy atom. The largest absolute Gasteiger partial charge is 0.491 e. The molecule has 1 aromatic carbocycles. The van der Waals surface area contributed by atoms with E-state index in [-0.39, 0.29) is 5.82 Å². The van der Waals surface area contributed by atoms with Crippen LogP contribution >= 0.6 is 15.9 Å². The molecule has 18 heavy (non-hydrogen) atoms. The number of hydrogen-bond acceptors (Lipinski definition) is 3. The maximum atomic E-state index is 13.0. The molecule has 100 valence electrons. The molecule has 2 rings (SSSR count). The number of hydrogen-bond donors (Lipinski definition) is 1. The highest BCUT2D eigenvalue weighted by Gasteiger charge is 2.14. The summed E-state index contributed by atoms with van der Waals surface area (Å²) in [6.07, 6.45) is 1.13. The molecular weight excluding hydrogens is 301 g/mol. The van der Waals surface area contributed by atoms with Crippen LogP contribution in [-0.4, -0.2) is 32.9 Å². The molecule has 0 aliphatic carbocycles. The number of ether oxygens (including phenoxy) is 2. The van der Waals surface area contributed by atoms with Crippen molar-refractivity contribution in [2.75, 3.05) is 32.9 Å². The SMILES string of the molecule is Fc1ccc(Br)c(OCCNCC2CCOC2)c1. The van der Waals surface area contributed by atoms with Gasteiger partial charge in [0.05, 0.1) is 11.1 Å². The molecule has 0 amide bonds. The van der Waals surface area contributed by atoms with E-state index in [1.165, 1.54) is 12.1 Å². The van der Waals surface area contributed by atoms with E-state index >= 15 is 0 Å². The fourth-order valence-corrected chi connectivity index (χ4v) is 2.23. The average molecular weight is 318 g/mol. The molecule has 0 bridgehead atoms. The Morgan fingerprint density at radius 2 is 2.39 bits per heavy atom. The van der Waals surface area contributed by atoms with Crippen molar-refractivity contribution in [2.24, 2.45) is 5.92 Å². The Bertz CT molecular complexity index is 383. The summed E-state index contributed by atoms with van der Waals surface area (Å²) < 4.78 is 24.6. The van der Waals surface area contributed by atoms with Crippen molar-refractivity contribution < 1.29 is 13.9 Å². The van der Waals surface area contributed by atoms with Gasteiger partial charge in [-0.3, -0.25) is 0 Å². The van der Waals surface area contributed by atoms with E-state index in [1.807, 2.05) is 0 Å². The van der Waals surface area contributed by atoms with Crippen molar-refractivity contribution in [1.29, 1.82) is 0 Å². The highest BCUT2D eigenvalue weighted by molar-refractivity contribution is 9.10. The first-order chi connectivity index (χ1) is 8.75. The van der Waals surface area contributed by atoms with Gasteiger partial charge in [0, 0.05) is 25.8 Å². The summed E-state index contributed by atoms with van der Waals surface area (Å²) >= 11 is 3.32. The highest BCUT2D eigenvalue weighted by Crippen LogP contribution is 2.25. The minimum Gasteiger partial charge on any atom is -0.491 e. The predicted molar refractivity (Wildman–Crippen MR) is 71.4 cm³/mol. The van der Waals surface area contributed by atoms with E-state index in [9.17, 15) is 4.39 Å². The van der Waals surface area contributed by atoms with Crippen LogP contribution in [0.25, 0.3) is 0 Å². The van der Waals surface area contributed by atoms with Crippen molar-refractivity contribution in [1.82, 2.24) is 5.32 Å². The van der Waals surface area contributed by atoms with E-state index in [0.717, 1.165) is 37.2 Å². The average Bonchev–Trinajstić information content (AvgIpc) is 2.86. The summed E-state index contributed by atoms with van der Waals surface area (Å²) in [5.41, 5.74) is 0. The summed E-state index contributed by atoms with van der Waals surface area (Å²) in [5.74, 6) is 0.871. The van der Waals surface area contributed by atoms with Crippen LogP contribution in [0.3, 0.4) is 0 Å². The van der Waals surface area contributed by atoms with Gasteiger partial charge >= 0.3 is 0 Å². The fourth-order valence-electron chi connectivity index (χ4n) is 1.87. The van der Waals surface area contributed by atoms with Crippen LogP contribution in [0.1, 0.15) is 6.42 Å². The molecule has 1 aliphatic heterocycles. The molecule has 0 saturated carbocycles. The molecule has 1 N–H and O–H groups in total. The molecule has 0 spiro atoms. The first kappa shape index (κ1) is 13.8. The van der Waals surface area contributed by atoms with E-state index in [4.69, 9.17) is 9.47 Å². The van der Waals surface area contributed by atoms with Gasteiger partial charge in [0.1, 0.15) is 18.2 Å². The molecule has 0 aromatic heterocycles. The molecule has 1 saturated heterocycles. The van der Waals surface area contributed by atoms with Crippen LogP contribution in [0.2, 0.25) is 0 Å². The summed E-state index contributed by atoms with van der Waals surface area (Å²) in [6.45, 7) is 3.95. The number of nitrogens with one attached hydrogen (secondary N) is 1. The van der Waals surface area contributed by atoms with E-state index in [0.29, 0.717) is 18.3 Å². The monoisotopic (exact) mass is 317 g/mol. The van der Waals surface area contributed by atoms with Crippen molar-refractivity contribution in [3.8, 4) is 5.75 Å². The Morgan fingerprint density at radius 3 is 3.17 bits per heavy atom. The maximum absolute atomic E-state index is 13.0. The summed E-state index contributed by atoms with van der Waals surface area (Å²) in [5, 5.41) is 3.32. The molecule has 1 aromatic rings. The maximum Gasteiger partial charge on any atom is 0.136 e. The van der Waals surface area contributed by atoms with Crippen LogP contribution in [0.15, 0.2) is 22.7 Å². The first-order valence-corrected chi connectivity index (χ1v) is 6.91. The molecule has 1 atom stereocenters. The van der Waals surface area contributed by atoms with Gasteiger partial charge in [0.25, 0.3) is 0 Å². The minimum absolute atomic E-state index is 0.288. The van der Waals surface area contributed by atoms with Crippen LogP contribution in [0.4, 0.5) is 4.39 Å². The highest BCUT2D eigenvalue weighted by atomic mass is 79.9. The van der Waals surface area contributed by atoms with Crippen LogP contribution in [0.5, 0.6) is 5.75 Å². The van der Waals surface area contributed by atoms with Crippen molar-refractivity contribution in [2.45, 2.75) is 6.42 Å². The van der Waals surface area contributed by atoms with Gasteiger partial charge in [-0.05, 0) is 40.4 Å². The van der Waals surface area contributed by atoms with Gasteiger partial charge < -0.3 is 14.8 Å². The molecular formula is C13H17BrFNO2. The Balaban J connectivity index is 1.64. The molecule has 1 unspecified atom stereocenters. The lowest BCUT2D eigenvalue weighted by Gasteiger charge is -2.11. The third kappa shape index (κ3) is 4.23. The Labute approximate surface area is 115 Å². The standard InChI is InChI=1S/C13H17BrFNO2/c14-12-2-1-11(15)7-13(12)18-6-4-16-8-10-3-5-17-9-10/h1-2,7,10,16H,3-6,8-9H2. The predicted octanol–water partition coefficient (Wildman–Crippen LogP) is 2.59. The lowest BCUT2D eigenvalue weighted by molar-refractivity contribution is 0.185. The Kier molecular flexibility index (Phi) is 5.41. The fraction of sp³-hybridized carbons (Fsp3) is 0.538. The van der Waals surface area contributed by atoms with Crippen molar-refractivity contribution in [3.05, 3.63) is 28.5 Å². The van der Waals surface area contributed by atoms with E-state index in [2.05, 4.69) is 21.2 Å². The van der Waals surface area contributed by atoms with Gasteiger partial charge in [-0.2, -0.15) is 0 Å². The first-order valence-electron chi connectivity index (χ1n) is 6.12. The molecule has 3 nitrogen and oxygen atoms in total. The number of rotatable bonds is 6. The van der Waals surface area contributed by atoms with Crippen LogP contribution in [0, 0.1) is 11.7 Å². The minimum atomic E-state index is -0.288. The zero-order valence-corrected chi connectivity index (χ0v) is 11.7. The Hall–Kier alpha value is -0.650. The molecule has 1 heterocycles. The second-order valence-corrected chi connectivity index (χ2v) is 5.21. The zero-order valence-electron chi connectivity index (χ0n) is 10.1. The number of halogens is 2. The van der Waals surface area contributed by atoms with Crippen LogP contribution < -0.4 is 10.1 Å². The van der Waals surface area contributed by atoms with Crippen molar-refractivity contribution in [3.63, 3.8) is 0 Å². The van der Waals surface area contributed by atoms with Gasteiger partial charge in [-0.15, -0.1) is 0 Å². The van der Waals surface area contributed by atoms with E-state index < -0.39 is 0 Å². The summed E-state index contributed by atoms with van der Waals surface area (Å²) in [4.78, 5) is 0. The van der Waals surface area contributed by atoms with Crippen molar-refractivity contribution >= 4 is 15.9 Å². The third-order valence-corrected chi connectivity index (χ3v) is 3.54. The molecule has 1 fully saturated rings.